The first-order valence-electron chi connectivity index (χ1n) is 5.33. The van der Waals surface area contributed by atoms with Gasteiger partial charge >= 0.3 is 0 Å². The number of Topliss-reactive ketones (excluding diaryl/α,β-unsaturated/α-hetero) is 1. The number of carbonyl (C=O) groups is 1. The molecule has 2 rings (SSSR count). The van der Waals surface area contributed by atoms with Gasteiger partial charge in [0.2, 0.25) is 0 Å². The highest BCUT2D eigenvalue weighted by Gasteiger charge is 2.12. The first kappa shape index (κ1) is 10.6. The van der Waals surface area contributed by atoms with Crippen molar-refractivity contribution < 1.29 is 4.79 Å². The summed E-state index contributed by atoms with van der Waals surface area (Å²) >= 11 is 0. The van der Waals surface area contributed by atoms with E-state index in [-0.39, 0.29) is 11.7 Å². The summed E-state index contributed by atoms with van der Waals surface area (Å²) in [7, 11) is 0. The van der Waals surface area contributed by atoms with Crippen LogP contribution in [0.15, 0.2) is 42.7 Å². The molecule has 0 amide bonds. The Hall–Kier alpha value is -1.90. The van der Waals surface area contributed by atoms with E-state index in [2.05, 4.69) is 5.10 Å². The molecule has 0 bridgehead atoms. The van der Waals surface area contributed by atoms with E-state index in [4.69, 9.17) is 0 Å². The molecular weight excluding hydrogens is 200 g/mol. The largest absolute Gasteiger partial charge is 0.294 e. The number of ketones is 1. The minimum atomic E-state index is 0.00780. The smallest absolute Gasteiger partial charge is 0.168 e. The van der Waals surface area contributed by atoms with Gasteiger partial charge in [-0.15, -0.1) is 0 Å². The number of rotatable bonds is 3. The van der Waals surface area contributed by atoms with Crippen molar-refractivity contribution in [2.45, 2.75) is 13.8 Å². The minimum absolute atomic E-state index is 0.00780. The van der Waals surface area contributed by atoms with Crippen LogP contribution in [0.2, 0.25) is 0 Å². The molecule has 3 nitrogen and oxygen atoms in total. The van der Waals surface area contributed by atoms with E-state index in [1.165, 1.54) is 0 Å². The molecule has 2 aromatic rings. The summed E-state index contributed by atoms with van der Waals surface area (Å²) in [5.41, 5.74) is 1.63. The third-order valence-electron chi connectivity index (χ3n) is 2.41. The van der Waals surface area contributed by atoms with Crippen LogP contribution in [-0.2, 0) is 0 Å². The van der Waals surface area contributed by atoms with Crippen LogP contribution >= 0.6 is 0 Å². The monoisotopic (exact) mass is 214 g/mol. The van der Waals surface area contributed by atoms with Gasteiger partial charge in [0, 0.05) is 12.1 Å². The first-order valence-corrected chi connectivity index (χ1v) is 5.33. The molecule has 0 radical (unpaired) electrons. The molecule has 1 aromatic heterocycles. The lowest BCUT2D eigenvalue weighted by Crippen LogP contribution is -2.06. The molecular formula is C13H14N2O. The van der Waals surface area contributed by atoms with Gasteiger partial charge in [-0.25, -0.2) is 4.68 Å². The maximum absolute atomic E-state index is 11.7. The van der Waals surface area contributed by atoms with Crippen molar-refractivity contribution in [3.8, 4) is 5.69 Å². The molecule has 1 aromatic carbocycles. The average Bonchev–Trinajstić information content (AvgIpc) is 2.78. The molecule has 1 heterocycles. The fourth-order valence-corrected chi connectivity index (χ4v) is 1.51. The quantitative estimate of drug-likeness (QED) is 0.736. The molecule has 0 unspecified atom stereocenters. The second kappa shape index (κ2) is 4.31. The fourth-order valence-electron chi connectivity index (χ4n) is 1.51. The molecule has 82 valence electrons. The summed E-state index contributed by atoms with van der Waals surface area (Å²) in [6.45, 7) is 3.78. The summed E-state index contributed by atoms with van der Waals surface area (Å²) in [6.07, 6.45) is 3.40. The van der Waals surface area contributed by atoms with Crippen molar-refractivity contribution in [2.75, 3.05) is 0 Å². The zero-order chi connectivity index (χ0) is 11.5. The molecule has 0 saturated heterocycles. The summed E-state index contributed by atoms with van der Waals surface area (Å²) in [5, 5.41) is 4.19. The molecule has 16 heavy (non-hydrogen) atoms. The molecule has 3 heteroatoms. The predicted molar refractivity (Wildman–Crippen MR) is 62.7 cm³/mol. The molecule has 0 spiro atoms. The lowest BCUT2D eigenvalue weighted by molar-refractivity contribution is 0.0939. The molecule has 0 fully saturated rings. The Bertz CT molecular complexity index is 486. The van der Waals surface area contributed by atoms with Crippen molar-refractivity contribution in [3.05, 3.63) is 48.3 Å². The second-order valence-corrected chi connectivity index (χ2v) is 4.03. The standard InChI is InChI=1S/C13H14N2O/c1-10(2)13(16)11-8-14-15(9-11)12-6-4-3-5-7-12/h3-10H,1-2H3. The zero-order valence-electron chi connectivity index (χ0n) is 9.42. The molecule has 0 N–H and O–H groups in total. The van der Waals surface area contributed by atoms with E-state index in [9.17, 15) is 4.79 Å². The Morgan fingerprint density at radius 1 is 1.25 bits per heavy atom. The van der Waals surface area contributed by atoms with Crippen LogP contribution in [-0.4, -0.2) is 15.6 Å². The average molecular weight is 214 g/mol. The Labute approximate surface area is 94.7 Å². The van der Waals surface area contributed by atoms with Gasteiger partial charge < -0.3 is 0 Å². The van der Waals surface area contributed by atoms with Crippen molar-refractivity contribution in [2.24, 2.45) is 5.92 Å². The Balaban J connectivity index is 2.30. The Kier molecular flexibility index (Phi) is 2.86. The van der Waals surface area contributed by atoms with Crippen molar-refractivity contribution >= 4 is 5.78 Å². The third-order valence-corrected chi connectivity index (χ3v) is 2.41. The van der Waals surface area contributed by atoms with Crippen molar-refractivity contribution in [1.82, 2.24) is 9.78 Å². The van der Waals surface area contributed by atoms with Crippen LogP contribution in [0.3, 0.4) is 0 Å². The third kappa shape index (κ3) is 2.03. The van der Waals surface area contributed by atoms with E-state index in [0.717, 1.165) is 5.69 Å². The highest BCUT2D eigenvalue weighted by Crippen LogP contribution is 2.11. The van der Waals surface area contributed by atoms with Gasteiger partial charge in [0.25, 0.3) is 0 Å². The molecule has 0 aliphatic heterocycles. The summed E-state index contributed by atoms with van der Waals surface area (Å²) in [6, 6.07) is 9.75. The van der Waals surface area contributed by atoms with Gasteiger partial charge in [-0.05, 0) is 12.1 Å². The topological polar surface area (TPSA) is 34.9 Å². The van der Waals surface area contributed by atoms with Crippen LogP contribution in [0.5, 0.6) is 0 Å². The van der Waals surface area contributed by atoms with E-state index >= 15 is 0 Å². The van der Waals surface area contributed by atoms with Gasteiger partial charge in [-0.3, -0.25) is 4.79 Å². The van der Waals surface area contributed by atoms with E-state index in [1.54, 1.807) is 17.1 Å². The maximum atomic E-state index is 11.7. The summed E-state index contributed by atoms with van der Waals surface area (Å²) in [5.74, 6) is 0.135. The molecule has 0 atom stereocenters. The second-order valence-electron chi connectivity index (χ2n) is 4.03. The number of para-hydroxylation sites is 1. The van der Waals surface area contributed by atoms with Crippen LogP contribution in [0, 0.1) is 5.92 Å². The molecule has 0 aliphatic carbocycles. The maximum Gasteiger partial charge on any atom is 0.168 e. The Morgan fingerprint density at radius 3 is 2.56 bits per heavy atom. The highest BCUT2D eigenvalue weighted by molar-refractivity contribution is 5.97. The Morgan fingerprint density at radius 2 is 1.94 bits per heavy atom. The van der Waals surface area contributed by atoms with E-state index in [1.807, 2.05) is 44.2 Å². The van der Waals surface area contributed by atoms with Crippen LogP contribution in [0.4, 0.5) is 0 Å². The predicted octanol–water partition coefficient (Wildman–Crippen LogP) is 2.71. The van der Waals surface area contributed by atoms with Crippen LogP contribution in [0.1, 0.15) is 24.2 Å². The number of nitrogens with zero attached hydrogens (tertiary/aromatic N) is 2. The first-order chi connectivity index (χ1) is 7.68. The lowest BCUT2D eigenvalue weighted by atomic mass is 10.0. The van der Waals surface area contributed by atoms with E-state index < -0.39 is 0 Å². The summed E-state index contributed by atoms with van der Waals surface area (Å²) < 4.78 is 1.72. The SMILES string of the molecule is CC(C)C(=O)c1cnn(-c2ccccc2)c1. The van der Waals surface area contributed by atoms with Crippen molar-refractivity contribution in [3.63, 3.8) is 0 Å². The van der Waals surface area contributed by atoms with Crippen molar-refractivity contribution in [1.29, 1.82) is 0 Å². The van der Waals surface area contributed by atoms with Gasteiger partial charge in [-0.2, -0.15) is 5.10 Å². The zero-order valence-corrected chi connectivity index (χ0v) is 9.42. The number of hydrogen-bond acceptors (Lipinski definition) is 2. The van der Waals surface area contributed by atoms with Crippen LogP contribution < -0.4 is 0 Å². The normalized spacial score (nSPS) is 10.7. The fraction of sp³-hybridized carbons (Fsp3) is 0.231. The lowest BCUT2D eigenvalue weighted by Gasteiger charge is -2.00. The number of benzene rings is 1. The van der Waals surface area contributed by atoms with Gasteiger partial charge in [0.05, 0.1) is 17.4 Å². The summed E-state index contributed by atoms with van der Waals surface area (Å²) in [4.78, 5) is 11.7. The van der Waals surface area contributed by atoms with E-state index in [0.29, 0.717) is 5.56 Å². The van der Waals surface area contributed by atoms with Gasteiger partial charge in [0.1, 0.15) is 0 Å². The number of hydrogen-bond donors (Lipinski definition) is 0. The number of carbonyl (C=O) groups excluding carboxylic acids is 1. The van der Waals surface area contributed by atoms with Gasteiger partial charge in [-0.1, -0.05) is 32.0 Å². The minimum Gasteiger partial charge on any atom is -0.294 e. The van der Waals surface area contributed by atoms with Crippen LogP contribution in [0.25, 0.3) is 5.69 Å². The highest BCUT2D eigenvalue weighted by atomic mass is 16.1. The molecule has 0 saturated carbocycles. The van der Waals surface area contributed by atoms with Gasteiger partial charge in [0.15, 0.2) is 5.78 Å². The molecule has 0 aliphatic rings. The number of aromatic nitrogens is 2.